The van der Waals surface area contributed by atoms with Gasteiger partial charge in [-0.05, 0) is 62.2 Å². The lowest BCUT2D eigenvalue weighted by atomic mass is 10.0. The van der Waals surface area contributed by atoms with Gasteiger partial charge in [-0.1, -0.05) is 12.1 Å². The molecule has 2 aromatic carbocycles. The first-order chi connectivity index (χ1) is 10.9. The predicted molar refractivity (Wildman–Crippen MR) is 88.1 cm³/mol. The van der Waals surface area contributed by atoms with Gasteiger partial charge in [0.2, 0.25) is 5.78 Å². The maximum absolute atomic E-state index is 12.3. The average molecular weight is 312 g/mol. The molecule has 4 heteroatoms. The molecule has 2 rings (SSSR count). The minimum atomic E-state index is -0.851. The molecule has 0 bridgehead atoms. The number of methoxy groups -OCH3 is 1. The Morgan fingerprint density at radius 3 is 2.26 bits per heavy atom. The van der Waals surface area contributed by atoms with E-state index in [1.165, 1.54) is 0 Å². The van der Waals surface area contributed by atoms with Gasteiger partial charge in [-0.3, -0.25) is 4.79 Å². The van der Waals surface area contributed by atoms with Crippen LogP contribution in [0.4, 0.5) is 0 Å². The minimum absolute atomic E-state index is 0.244. The van der Waals surface area contributed by atoms with E-state index >= 15 is 0 Å². The highest BCUT2D eigenvalue weighted by Gasteiger charge is 2.21. The molecule has 0 radical (unpaired) electrons. The van der Waals surface area contributed by atoms with Gasteiger partial charge in [-0.15, -0.1) is 0 Å². The van der Waals surface area contributed by atoms with Gasteiger partial charge in [0.25, 0.3) is 0 Å². The van der Waals surface area contributed by atoms with E-state index in [2.05, 4.69) is 0 Å². The van der Waals surface area contributed by atoms with Crippen molar-refractivity contribution in [3.05, 3.63) is 64.7 Å². The summed E-state index contributed by atoms with van der Waals surface area (Å²) >= 11 is 0. The summed E-state index contributed by atoms with van der Waals surface area (Å²) in [6.45, 7) is 5.37. The van der Waals surface area contributed by atoms with Crippen LogP contribution in [-0.2, 0) is 4.74 Å². The van der Waals surface area contributed by atoms with E-state index in [9.17, 15) is 9.59 Å². The van der Waals surface area contributed by atoms with Gasteiger partial charge >= 0.3 is 5.97 Å². The van der Waals surface area contributed by atoms with E-state index in [0.717, 1.165) is 11.1 Å². The molecule has 23 heavy (non-hydrogen) atoms. The van der Waals surface area contributed by atoms with Gasteiger partial charge in [-0.2, -0.15) is 0 Å². The summed E-state index contributed by atoms with van der Waals surface area (Å²) in [5.74, 6) is -0.0616. The van der Waals surface area contributed by atoms with Crippen LogP contribution in [0.2, 0.25) is 0 Å². The lowest BCUT2D eigenvalue weighted by Crippen LogP contribution is -2.24. The Morgan fingerprint density at radius 1 is 1.00 bits per heavy atom. The van der Waals surface area contributed by atoms with Gasteiger partial charge < -0.3 is 9.47 Å². The third-order valence-corrected chi connectivity index (χ3v) is 3.85. The summed E-state index contributed by atoms with van der Waals surface area (Å²) in [4.78, 5) is 24.6. The van der Waals surface area contributed by atoms with Crippen LogP contribution in [-0.4, -0.2) is 25.0 Å². The zero-order chi connectivity index (χ0) is 17.0. The first kappa shape index (κ1) is 16.7. The number of hydrogen-bond donors (Lipinski definition) is 0. The minimum Gasteiger partial charge on any atom is -0.497 e. The number of hydrogen-bond acceptors (Lipinski definition) is 4. The number of ketones is 1. The second kappa shape index (κ2) is 7.09. The first-order valence-corrected chi connectivity index (χ1v) is 7.39. The number of carbonyl (C=O) groups excluding carboxylic acids is 2. The Labute approximate surface area is 136 Å². The molecule has 0 heterocycles. The smallest absolute Gasteiger partial charge is 0.339 e. The molecular formula is C19H20O4. The Balaban J connectivity index is 2.11. The molecule has 0 aliphatic carbocycles. The third-order valence-electron chi connectivity index (χ3n) is 3.85. The van der Waals surface area contributed by atoms with E-state index in [1.807, 2.05) is 19.9 Å². The summed E-state index contributed by atoms with van der Waals surface area (Å²) in [6.07, 6.45) is -0.851. The molecule has 0 spiro atoms. The van der Waals surface area contributed by atoms with Gasteiger partial charge in [0, 0.05) is 5.56 Å². The molecule has 0 unspecified atom stereocenters. The SMILES string of the molecule is COc1ccc(C(=O)[C@@H](C)OC(=O)c2cccc(C)c2C)cc1. The number of rotatable bonds is 5. The topological polar surface area (TPSA) is 52.6 Å². The van der Waals surface area contributed by atoms with E-state index in [1.54, 1.807) is 50.4 Å². The molecule has 0 aliphatic rings. The van der Waals surface area contributed by atoms with E-state index < -0.39 is 12.1 Å². The van der Waals surface area contributed by atoms with Crippen molar-refractivity contribution < 1.29 is 19.1 Å². The van der Waals surface area contributed by atoms with Gasteiger partial charge in [0.05, 0.1) is 12.7 Å². The van der Waals surface area contributed by atoms with Crippen LogP contribution in [0, 0.1) is 13.8 Å². The summed E-state index contributed by atoms with van der Waals surface area (Å²) < 4.78 is 10.4. The van der Waals surface area contributed by atoms with Crippen molar-refractivity contribution in [3.63, 3.8) is 0 Å². The quantitative estimate of drug-likeness (QED) is 0.623. The summed E-state index contributed by atoms with van der Waals surface area (Å²) in [5, 5.41) is 0. The summed E-state index contributed by atoms with van der Waals surface area (Å²) in [7, 11) is 1.56. The number of esters is 1. The fourth-order valence-corrected chi connectivity index (χ4v) is 2.24. The van der Waals surface area contributed by atoms with Crippen LogP contribution in [0.3, 0.4) is 0 Å². The van der Waals surface area contributed by atoms with Crippen molar-refractivity contribution >= 4 is 11.8 Å². The van der Waals surface area contributed by atoms with Crippen molar-refractivity contribution in [2.45, 2.75) is 26.9 Å². The predicted octanol–water partition coefficient (Wildman–Crippen LogP) is 3.74. The lowest BCUT2D eigenvalue weighted by Gasteiger charge is -2.14. The zero-order valence-corrected chi connectivity index (χ0v) is 13.8. The van der Waals surface area contributed by atoms with Crippen LogP contribution < -0.4 is 4.74 Å². The van der Waals surface area contributed by atoms with Crippen molar-refractivity contribution in [2.24, 2.45) is 0 Å². The van der Waals surface area contributed by atoms with Crippen molar-refractivity contribution in [3.8, 4) is 5.75 Å². The lowest BCUT2D eigenvalue weighted by molar-refractivity contribution is 0.0318. The fourth-order valence-electron chi connectivity index (χ4n) is 2.24. The second-order valence-corrected chi connectivity index (χ2v) is 5.39. The molecule has 120 valence electrons. The standard InChI is InChI=1S/C19H20O4/c1-12-6-5-7-17(13(12)2)19(21)23-14(3)18(20)15-8-10-16(22-4)11-9-15/h5-11,14H,1-4H3/t14-/m1/s1. The van der Waals surface area contributed by atoms with Gasteiger partial charge in [0.1, 0.15) is 5.75 Å². The Morgan fingerprint density at radius 2 is 1.65 bits per heavy atom. The van der Waals surface area contributed by atoms with Crippen LogP contribution in [0.15, 0.2) is 42.5 Å². The number of aryl methyl sites for hydroxylation is 1. The molecule has 1 atom stereocenters. The molecule has 2 aromatic rings. The van der Waals surface area contributed by atoms with Crippen LogP contribution in [0.5, 0.6) is 5.75 Å². The highest BCUT2D eigenvalue weighted by atomic mass is 16.5. The number of Topliss-reactive ketones (excluding diaryl/α,β-unsaturated/α-hetero) is 1. The van der Waals surface area contributed by atoms with Crippen LogP contribution in [0.25, 0.3) is 0 Å². The maximum atomic E-state index is 12.3. The van der Waals surface area contributed by atoms with E-state index in [4.69, 9.17) is 9.47 Å². The fraction of sp³-hybridized carbons (Fsp3) is 0.263. The van der Waals surface area contributed by atoms with Gasteiger partial charge in [0.15, 0.2) is 6.10 Å². The highest BCUT2D eigenvalue weighted by molar-refractivity contribution is 6.01. The molecule has 0 fully saturated rings. The normalized spacial score (nSPS) is 11.7. The zero-order valence-electron chi connectivity index (χ0n) is 13.8. The monoisotopic (exact) mass is 312 g/mol. The number of carbonyl (C=O) groups is 2. The van der Waals surface area contributed by atoms with Crippen molar-refractivity contribution in [1.29, 1.82) is 0 Å². The van der Waals surface area contributed by atoms with Crippen LogP contribution >= 0.6 is 0 Å². The van der Waals surface area contributed by atoms with E-state index in [-0.39, 0.29) is 5.78 Å². The van der Waals surface area contributed by atoms with Crippen molar-refractivity contribution in [1.82, 2.24) is 0 Å². The Hall–Kier alpha value is -2.62. The maximum Gasteiger partial charge on any atom is 0.339 e. The molecule has 0 aromatic heterocycles. The third kappa shape index (κ3) is 3.77. The summed E-state index contributed by atoms with van der Waals surface area (Å²) in [5.41, 5.74) is 2.83. The average Bonchev–Trinajstić information content (AvgIpc) is 2.56. The highest BCUT2D eigenvalue weighted by Crippen LogP contribution is 2.17. The molecule has 4 nitrogen and oxygen atoms in total. The molecule has 0 aliphatic heterocycles. The van der Waals surface area contributed by atoms with E-state index in [0.29, 0.717) is 16.9 Å². The molecule has 0 N–H and O–H groups in total. The summed E-state index contributed by atoms with van der Waals surface area (Å²) in [6, 6.07) is 12.1. The molecule has 0 saturated carbocycles. The van der Waals surface area contributed by atoms with Crippen molar-refractivity contribution in [2.75, 3.05) is 7.11 Å². The largest absolute Gasteiger partial charge is 0.497 e. The Kier molecular flexibility index (Phi) is 5.16. The van der Waals surface area contributed by atoms with Gasteiger partial charge in [-0.25, -0.2) is 4.79 Å². The molecule has 0 amide bonds. The molecular weight excluding hydrogens is 292 g/mol. The van der Waals surface area contributed by atoms with Crippen LogP contribution in [0.1, 0.15) is 38.8 Å². The second-order valence-electron chi connectivity index (χ2n) is 5.39. The molecule has 0 saturated heterocycles. The number of benzene rings is 2. The first-order valence-electron chi connectivity index (χ1n) is 7.39. The Bertz CT molecular complexity index is 717. The number of ether oxygens (including phenoxy) is 2.